The van der Waals surface area contributed by atoms with Gasteiger partial charge in [-0.1, -0.05) is 24.3 Å². The second-order valence-corrected chi connectivity index (χ2v) is 7.07. The van der Waals surface area contributed by atoms with Crippen LogP contribution in [0.4, 0.5) is 0 Å². The number of methoxy groups -OCH3 is 1. The third-order valence-electron chi connectivity index (χ3n) is 4.14. The summed E-state index contributed by atoms with van der Waals surface area (Å²) in [5.41, 5.74) is 1.98. The zero-order valence-corrected chi connectivity index (χ0v) is 15.9. The fraction of sp³-hybridized carbons (Fsp3) is 0.200. The van der Waals surface area contributed by atoms with Crippen LogP contribution < -0.4 is 10.1 Å². The van der Waals surface area contributed by atoms with Gasteiger partial charge in [0.15, 0.2) is 0 Å². The van der Waals surface area contributed by atoms with E-state index in [1.807, 2.05) is 37.3 Å². The number of benzene rings is 2. The molecular formula is C20H18O6Si. The molecule has 2 radical (unpaired) electrons. The third-order valence-corrected chi connectivity index (χ3v) is 5.19. The van der Waals surface area contributed by atoms with Crippen LogP contribution in [0.15, 0.2) is 57.7 Å². The summed E-state index contributed by atoms with van der Waals surface area (Å²) in [6, 6.07) is 14.4. The molecule has 138 valence electrons. The van der Waals surface area contributed by atoms with Crippen molar-refractivity contribution >= 4 is 26.7 Å². The van der Waals surface area contributed by atoms with Gasteiger partial charge in [-0.15, -0.1) is 0 Å². The van der Waals surface area contributed by atoms with Crippen LogP contribution in [0.5, 0.6) is 5.75 Å². The molecule has 0 saturated heterocycles. The Morgan fingerprint density at radius 2 is 1.96 bits per heavy atom. The first-order chi connectivity index (χ1) is 13.0. The Bertz CT molecular complexity index is 1030. The number of fused-ring (bicyclic) bond motifs is 1. The van der Waals surface area contributed by atoms with Gasteiger partial charge in [0, 0.05) is 23.1 Å². The van der Waals surface area contributed by atoms with Gasteiger partial charge in [-0.3, -0.25) is 4.79 Å². The maximum atomic E-state index is 12.0. The van der Waals surface area contributed by atoms with Crippen LogP contribution in [0.25, 0.3) is 22.1 Å². The standard InChI is InChI=1S/C20H18O6Si/c1-12-5-3-4-6-14(12)16-10-19(22)25-17-9-13(7-8-15(16)17)26-27-18(11-21)20(23)24-2/h3-10,18,21H,11H2,1-2H3/t18-/m0/s1. The van der Waals surface area contributed by atoms with Crippen LogP contribution in [-0.2, 0) is 9.53 Å². The Balaban J connectivity index is 1.96. The zero-order chi connectivity index (χ0) is 19.4. The van der Waals surface area contributed by atoms with Crippen molar-refractivity contribution in [3.63, 3.8) is 0 Å². The zero-order valence-electron chi connectivity index (χ0n) is 14.9. The molecule has 0 unspecified atom stereocenters. The van der Waals surface area contributed by atoms with Crippen LogP contribution in [0, 0.1) is 6.92 Å². The fourth-order valence-corrected chi connectivity index (χ4v) is 3.44. The summed E-state index contributed by atoms with van der Waals surface area (Å²) in [4.78, 5) is 23.6. The van der Waals surface area contributed by atoms with E-state index in [-0.39, 0.29) is 16.4 Å². The van der Waals surface area contributed by atoms with Crippen LogP contribution in [0.3, 0.4) is 0 Å². The molecule has 0 aliphatic heterocycles. The number of aliphatic hydroxyl groups excluding tert-OH is 1. The number of aryl methyl sites for hydroxylation is 1. The summed E-state index contributed by atoms with van der Waals surface area (Å²) in [5, 5.41) is 10.1. The molecule has 3 aromatic rings. The highest BCUT2D eigenvalue weighted by Gasteiger charge is 2.22. The highest BCUT2D eigenvalue weighted by molar-refractivity contribution is 6.37. The minimum atomic E-state index is -0.754. The molecule has 0 saturated carbocycles. The minimum Gasteiger partial charge on any atom is -0.540 e. The molecule has 2 aromatic carbocycles. The summed E-state index contributed by atoms with van der Waals surface area (Å²) < 4.78 is 15.6. The SMILES string of the molecule is COC(=O)[C@H](CO)[Si]Oc1ccc2c(-c3ccccc3C)cc(=O)oc2c1. The predicted molar refractivity (Wildman–Crippen MR) is 102 cm³/mol. The molecule has 0 aliphatic rings. The lowest BCUT2D eigenvalue weighted by atomic mass is 9.98. The Morgan fingerprint density at radius 3 is 2.67 bits per heavy atom. The molecular weight excluding hydrogens is 364 g/mol. The molecule has 1 heterocycles. The number of hydrogen-bond donors (Lipinski definition) is 1. The quantitative estimate of drug-likeness (QED) is 0.401. The third kappa shape index (κ3) is 4.10. The van der Waals surface area contributed by atoms with Crippen molar-refractivity contribution in [2.75, 3.05) is 13.7 Å². The number of aliphatic hydroxyl groups is 1. The lowest BCUT2D eigenvalue weighted by molar-refractivity contribution is -0.141. The molecule has 1 N–H and O–H groups in total. The number of esters is 1. The first-order valence-electron chi connectivity index (χ1n) is 8.28. The lowest BCUT2D eigenvalue weighted by Gasteiger charge is -2.12. The van der Waals surface area contributed by atoms with Crippen molar-refractivity contribution in [3.8, 4) is 16.9 Å². The molecule has 0 bridgehead atoms. The van der Waals surface area contributed by atoms with Gasteiger partial charge in [-0.05, 0) is 30.2 Å². The van der Waals surface area contributed by atoms with Gasteiger partial charge in [-0.25, -0.2) is 4.79 Å². The Hall–Kier alpha value is -2.90. The molecule has 0 spiro atoms. The van der Waals surface area contributed by atoms with Gasteiger partial charge >= 0.3 is 21.4 Å². The summed E-state index contributed by atoms with van der Waals surface area (Å²) in [6.45, 7) is 1.61. The predicted octanol–water partition coefficient (Wildman–Crippen LogP) is 2.72. The summed E-state index contributed by atoms with van der Waals surface area (Å²) in [5.74, 6) is -0.0988. The van der Waals surface area contributed by atoms with E-state index in [4.69, 9.17) is 8.84 Å². The van der Waals surface area contributed by atoms with Crippen molar-refractivity contribution < 1.29 is 23.5 Å². The van der Waals surface area contributed by atoms with E-state index < -0.39 is 17.1 Å². The molecule has 0 aliphatic carbocycles. The number of ether oxygens (including phenoxy) is 1. The summed E-state index contributed by atoms with van der Waals surface area (Å²) >= 11 is 0. The van der Waals surface area contributed by atoms with Gasteiger partial charge in [0.05, 0.1) is 13.7 Å². The molecule has 1 atom stereocenters. The van der Waals surface area contributed by atoms with Gasteiger partial charge in [0.1, 0.15) is 16.9 Å². The Morgan fingerprint density at radius 1 is 1.19 bits per heavy atom. The number of carbonyl (C=O) groups is 1. The van der Waals surface area contributed by atoms with E-state index in [1.54, 1.807) is 12.1 Å². The molecule has 0 amide bonds. The van der Waals surface area contributed by atoms with E-state index in [2.05, 4.69) is 4.74 Å². The van der Waals surface area contributed by atoms with Crippen LogP contribution in [0.1, 0.15) is 5.56 Å². The minimum absolute atomic E-state index is 0.320. The van der Waals surface area contributed by atoms with Crippen LogP contribution >= 0.6 is 0 Å². The smallest absolute Gasteiger partial charge is 0.336 e. The van der Waals surface area contributed by atoms with Crippen LogP contribution in [0.2, 0.25) is 5.54 Å². The van der Waals surface area contributed by atoms with E-state index in [0.717, 1.165) is 22.1 Å². The molecule has 27 heavy (non-hydrogen) atoms. The Labute approximate surface area is 158 Å². The molecule has 3 rings (SSSR count). The molecule has 1 aromatic heterocycles. The van der Waals surface area contributed by atoms with Crippen molar-refractivity contribution in [2.24, 2.45) is 0 Å². The largest absolute Gasteiger partial charge is 0.540 e. The first kappa shape index (κ1) is 18.9. The fourth-order valence-electron chi connectivity index (χ4n) is 2.75. The summed E-state index contributed by atoms with van der Waals surface area (Å²) in [6.07, 6.45) is 0. The average molecular weight is 382 g/mol. The van der Waals surface area contributed by atoms with Crippen molar-refractivity contribution in [1.82, 2.24) is 0 Å². The summed E-state index contributed by atoms with van der Waals surface area (Å²) in [7, 11) is 0.937. The van der Waals surface area contributed by atoms with E-state index in [0.29, 0.717) is 11.3 Å². The van der Waals surface area contributed by atoms with Crippen molar-refractivity contribution in [2.45, 2.75) is 12.5 Å². The van der Waals surface area contributed by atoms with Gasteiger partial charge in [-0.2, -0.15) is 0 Å². The highest BCUT2D eigenvalue weighted by atomic mass is 28.2. The maximum absolute atomic E-state index is 12.0. The Kier molecular flexibility index (Phi) is 5.73. The second kappa shape index (κ2) is 8.19. The van der Waals surface area contributed by atoms with Gasteiger partial charge < -0.3 is 18.7 Å². The van der Waals surface area contributed by atoms with Crippen molar-refractivity contribution in [1.29, 1.82) is 0 Å². The first-order valence-corrected chi connectivity index (χ1v) is 9.27. The topological polar surface area (TPSA) is 86.0 Å². The second-order valence-electron chi connectivity index (χ2n) is 5.93. The molecule has 7 heteroatoms. The monoisotopic (exact) mass is 382 g/mol. The lowest BCUT2D eigenvalue weighted by Crippen LogP contribution is -2.24. The number of hydrogen-bond acceptors (Lipinski definition) is 6. The number of rotatable bonds is 6. The van der Waals surface area contributed by atoms with E-state index >= 15 is 0 Å². The highest BCUT2D eigenvalue weighted by Crippen LogP contribution is 2.31. The van der Waals surface area contributed by atoms with Crippen molar-refractivity contribution in [3.05, 3.63) is 64.5 Å². The maximum Gasteiger partial charge on any atom is 0.336 e. The van der Waals surface area contributed by atoms with E-state index in [9.17, 15) is 14.7 Å². The van der Waals surface area contributed by atoms with Gasteiger partial charge in [0.2, 0.25) is 0 Å². The molecule has 6 nitrogen and oxygen atoms in total. The van der Waals surface area contributed by atoms with Crippen LogP contribution in [-0.4, -0.2) is 34.6 Å². The average Bonchev–Trinajstić information content (AvgIpc) is 2.67. The normalized spacial score (nSPS) is 12.0. The number of carbonyl (C=O) groups excluding carboxylic acids is 1. The van der Waals surface area contributed by atoms with Gasteiger partial charge in [0.25, 0.3) is 0 Å². The van der Waals surface area contributed by atoms with E-state index in [1.165, 1.54) is 13.2 Å². The molecule has 0 fully saturated rings.